The van der Waals surface area contributed by atoms with Gasteiger partial charge in [-0.15, -0.1) is 10.2 Å². The number of hydrogen-bond donors (Lipinski definition) is 1. The molecule has 0 bridgehead atoms. The van der Waals surface area contributed by atoms with Crippen molar-refractivity contribution < 1.29 is 0 Å². The minimum Gasteiger partial charge on any atom is -0.395 e. The normalized spacial score (nSPS) is 11.0. The van der Waals surface area contributed by atoms with Gasteiger partial charge in [0.15, 0.2) is 11.5 Å². The molecule has 18 heavy (non-hydrogen) atoms. The van der Waals surface area contributed by atoms with E-state index in [0.717, 1.165) is 21.4 Å². The molecule has 5 heteroatoms. The number of nitrogen functional groups attached to an aromatic ring is 1. The van der Waals surface area contributed by atoms with Gasteiger partial charge < -0.3 is 5.73 Å². The molecule has 0 saturated carbocycles. The zero-order chi connectivity index (χ0) is 12.7. The van der Waals surface area contributed by atoms with Crippen LogP contribution in [-0.2, 0) is 0 Å². The van der Waals surface area contributed by atoms with Crippen molar-refractivity contribution in [1.82, 2.24) is 14.6 Å². The van der Waals surface area contributed by atoms with Gasteiger partial charge in [-0.05, 0) is 24.6 Å². The molecule has 1 aromatic carbocycles. The van der Waals surface area contributed by atoms with Gasteiger partial charge in [-0.25, -0.2) is 0 Å². The van der Waals surface area contributed by atoms with Gasteiger partial charge >= 0.3 is 0 Å². The molecule has 0 atom stereocenters. The van der Waals surface area contributed by atoms with Gasteiger partial charge in [0.05, 0.1) is 5.69 Å². The predicted molar refractivity (Wildman–Crippen MR) is 75.3 cm³/mol. The standard InChI is InChI=1S/C13H11BrN4/c1-8-6-7-18-12(16-17-13(18)11(8)15)9-4-2-3-5-10(9)14/h2-7H,15H2,1H3. The van der Waals surface area contributed by atoms with E-state index in [0.29, 0.717) is 11.3 Å². The van der Waals surface area contributed by atoms with Crippen LogP contribution >= 0.6 is 15.9 Å². The van der Waals surface area contributed by atoms with Crippen LogP contribution < -0.4 is 5.73 Å². The van der Waals surface area contributed by atoms with Crippen molar-refractivity contribution in [2.45, 2.75) is 6.92 Å². The summed E-state index contributed by atoms with van der Waals surface area (Å²) in [6.07, 6.45) is 1.94. The van der Waals surface area contributed by atoms with Crippen LogP contribution in [0.5, 0.6) is 0 Å². The van der Waals surface area contributed by atoms with Crippen molar-refractivity contribution in [3.63, 3.8) is 0 Å². The summed E-state index contributed by atoms with van der Waals surface area (Å²) >= 11 is 3.52. The fourth-order valence-electron chi connectivity index (χ4n) is 1.89. The molecule has 0 aliphatic carbocycles. The van der Waals surface area contributed by atoms with Crippen LogP contribution in [-0.4, -0.2) is 14.6 Å². The molecule has 3 rings (SSSR count). The molecule has 0 aliphatic rings. The number of anilines is 1. The van der Waals surface area contributed by atoms with E-state index in [1.54, 1.807) is 0 Å². The van der Waals surface area contributed by atoms with E-state index < -0.39 is 0 Å². The quantitative estimate of drug-likeness (QED) is 0.751. The number of fused-ring (bicyclic) bond motifs is 1. The smallest absolute Gasteiger partial charge is 0.184 e. The van der Waals surface area contributed by atoms with Crippen molar-refractivity contribution in [1.29, 1.82) is 0 Å². The Kier molecular flexibility index (Phi) is 2.56. The third-order valence-electron chi connectivity index (χ3n) is 2.95. The highest BCUT2D eigenvalue weighted by atomic mass is 79.9. The lowest BCUT2D eigenvalue weighted by molar-refractivity contribution is 1.11. The van der Waals surface area contributed by atoms with E-state index in [-0.39, 0.29) is 0 Å². The number of nitrogens with two attached hydrogens (primary N) is 1. The number of aromatic nitrogens is 3. The van der Waals surface area contributed by atoms with Gasteiger partial charge in [-0.1, -0.05) is 34.1 Å². The Balaban J connectivity index is 2.32. The highest BCUT2D eigenvalue weighted by Crippen LogP contribution is 2.28. The van der Waals surface area contributed by atoms with Gasteiger partial charge in [-0.2, -0.15) is 0 Å². The average Bonchev–Trinajstić information content (AvgIpc) is 2.79. The lowest BCUT2D eigenvalue weighted by Crippen LogP contribution is -1.96. The Morgan fingerprint density at radius 1 is 1.17 bits per heavy atom. The van der Waals surface area contributed by atoms with E-state index in [9.17, 15) is 0 Å². The van der Waals surface area contributed by atoms with Crippen molar-refractivity contribution in [2.24, 2.45) is 0 Å². The van der Waals surface area contributed by atoms with E-state index in [1.165, 1.54) is 0 Å². The summed E-state index contributed by atoms with van der Waals surface area (Å²) < 4.78 is 2.89. The first-order chi connectivity index (χ1) is 8.68. The van der Waals surface area contributed by atoms with E-state index in [1.807, 2.05) is 47.9 Å². The van der Waals surface area contributed by atoms with Crippen LogP contribution in [0.25, 0.3) is 17.0 Å². The SMILES string of the molecule is Cc1ccn2c(-c3ccccc3Br)nnc2c1N. The fourth-order valence-corrected chi connectivity index (χ4v) is 2.36. The summed E-state index contributed by atoms with van der Waals surface area (Å²) in [5.74, 6) is 0.782. The minimum absolute atomic E-state index is 0.670. The highest BCUT2D eigenvalue weighted by molar-refractivity contribution is 9.10. The van der Waals surface area contributed by atoms with Crippen molar-refractivity contribution in [3.8, 4) is 11.4 Å². The Morgan fingerprint density at radius 3 is 2.72 bits per heavy atom. The third-order valence-corrected chi connectivity index (χ3v) is 3.64. The first-order valence-electron chi connectivity index (χ1n) is 5.53. The molecule has 2 heterocycles. The average molecular weight is 303 g/mol. The second-order valence-corrected chi connectivity index (χ2v) is 4.96. The summed E-state index contributed by atoms with van der Waals surface area (Å²) in [5.41, 5.74) is 9.38. The van der Waals surface area contributed by atoms with Crippen LogP contribution in [0.1, 0.15) is 5.56 Å². The summed E-state index contributed by atoms with van der Waals surface area (Å²) in [6.45, 7) is 1.96. The van der Waals surface area contributed by atoms with Crippen LogP contribution in [0, 0.1) is 6.92 Å². The second-order valence-electron chi connectivity index (χ2n) is 4.11. The molecule has 0 radical (unpaired) electrons. The fraction of sp³-hybridized carbons (Fsp3) is 0.0769. The van der Waals surface area contributed by atoms with Gasteiger partial charge in [0.1, 0.15) is 0 Å². The van der Waals surface area contributed by atoms with Crippen molar-refractivity contribution >= 4 is 27.3 Å². The Hall–Kier alpha value is -1.88. The number of benzene rings is 1. The van der Waals surface area contributed by atoms with Gasteiger partial charge in [0.2, 0.25) is 0 Å². The molecule has 0 saturated heterocycles. The molecule has 0 aliphatic heterocycles. The first-order valence-corrected chi connectivity index (χ1v) is 6.32. The predicted octanol–water partition coefficient (Wildman–Crippen LogP) is 3.05. The largest absolute Gasteiger partial charge is 0.395 e. The zero-order valence-corrected chi connectivity index (χ0v) is 11.3. The van der Waals surface area contributed by atoms with Crippen LogP contribution in [0.2, 0.25) is 0 Å². The summed E-state index contributed by atoms with van der Waals surface area (Å²) in [4.78, 5) is 0. The Labute approximate surface area is 113 Å². The number of nitrogens with zero attached hydrogens (tertiary/aromatic N) is 3. The molecule has 90 valence electrons. The zero-order valence-electron chi connectivity index (χ0n) is 9.76. The molecule has 0 amide bonds. The van der Waals surface area contributed by atoms with Crippen molar-refractivity contribution in [3.05, 3.63) is 46.6 Å². The van der Waals surface area contributed by atoms with Crippen LogP contribution in [0.3, 0.4) is 0 Å². The molecule has 4 nitrogen and oxygen atoms in total. The van der Waals surface area contributed by atoms with Crippen LogP contribution in [0.15, 0.2) is 41.0 Å². The van der Waals surface area contributed by atoms with E-state index in [2.05, 4.69) is 26.1 Å². The lowest BCUT2D eigenvalue weighted by Gasteiger charge is -2.04. The maximum absolute atomic E-state index is 6.01. The third kappa shape index (κ3) is 1.59. The molecule has 2 aromatic heterocycles. The number of aryl methyl sites for hydroxylation is 1. The molecular weight excluding hydrogens is 292 g/mol. The monoisotopic (exact) mass is 302 g/mol. The highest BCUT2D eigenvalue weighted by Gasteiger charge is 2.12. The maximum atomic E-state index is 6.01. The van der Waals surface area contributed by atoms with Gasteiger partial charge in [-0.3, -0.25) is 4.40 Å². The number of rotatable bonds is 1. The molecule has 0 fully saturated rings. The minimum atomic E-state index is 0.670. The summed E-state index contributed by atoms with van der Waals surface area (Å²) in [6, 6.07) is 9.88. The van der Waals surface area contributed by atoms with Gasteiger partial charge in [0, 0.05) is 16.2 Å². The first kappa shape index (κ1) is 11.2. The summed E-state index contributed by atoms with van der Waals surface area (Å²) in [5, 5.41) is 8.39. The molecule has 0 spiro atoms. The number of halogens is 1. The lowest BCUT2D eigenvalue weighted by atomic mass is 10.2. The Morgan fingerprint density at radius 2 is 1.94 bits per heavy atom. The molecular formula is C13H11BrN4. The topological polar surface area (TPSA) is 56.2 Å². The van der Waals surface area contributed by atoms with E-state index >= 15 is 0 Å². The van der Waals surface area contributed by atoms with Gasteiger partial charge in [0.25, 0.3) is 0 Å². The Bertz CT molecular complexity index is 733. The number of pyridine rings is 1. The molecule has 2 N–H and O–H groups in total. The number of hydrogen-bond acceptors (Lipinski definition) is 3. The summed E-state index contributed by atoms with van der Waals surface area (Å²) in [7, 11) is 0. The maximum Gasteiger partial charge on any atom is 0.184 e. The van der Waals surface area contributed by atoms with Crippen LogP contribution in [0.4, 0.5) is 5.69 Å². The van der Waals surface area contributed by atoms with Crippen molar-refractivity contribution in [2.75, 3.05) is 5.73 Å². The molecule has 0 unspecified atom stereocenters. The van der Waals surface area contributed by atoms with E-state index in [4.69, 9.17) is 5.73 Å². The second kappa shape index (κ2) is 4.10. The molecule has 3 aromatic rings.